The largest absolute Gasteiger partial charge is 0.478 e. The van der Waals surface area contributed by atoms with Crippen LogP contribution in [-0.2, 0) is 4.74 Å². The van der Waals surface area contributed by atoms with Crippen molar-refractivity contribution in [2.75, 3.05) is 13.2 Å². The minimum absolute atomic E-state index is 0.268. The van der Waals surface area contributed by atoms with Gasteiger partial charge in [0.1, 0.15) is 0 Å². The minimum atomic E-state index is -0.941. The van der Waals surface area contributed by atoms with E-state index in [2.05, 4.69) is 0 Å². The lowest BCUT2D eigenvalue weighted by molar-refractivity contribution is 0.0693. The van der Waals surface area contributed by atoms with Gasteiger partial charge in [-0.15, -0.1) is 11.8 Å². The third kappa shape index (κ3) is 2.70. The van der Waals surface area contributed by atoms with E-state index >= 15 is 0 Å². The van der Waals surface area contributed by atoms with Gasteiger partial charge in [-0.25, -0.2) is 4.79 Å². The summed E-state index contributed by atoms with van der Waals surface area (Å²) in [6.07, 6.45) is 0.965. The first-order chi connectivity index (χ1) is 7.66. The predicted octanol–water partition coefficient (Wildman–Crippen LogP) is 2.92. The maximum atomic E-state index is 11.0. The molecule has 3 nitrogen and oxygen atoms in total. The van der Waals surface area contributed by atoms with Crippen LogP contribution >= 0.6 is 23.4 Å². The molecule has 0 amide bonds. The highest BCUT2D eigenvalue weighted by atomic mass is 35.5. The van der Waals surface area contributed by atoms with Gasteiger partial charge in [0.05, 0.1) is 12.2 Å². The van der Waals surface area contributed by atoms with Crippen LogP contribution in [0.25, 0.3) is 0 Å². The summed E-state index contributed by atoms with van der Waals surface area (Å²) in [5, 5.41) is 9.86. The van der Waals surface area contributed by atoms with Crippen LogP contribution in [0.4, 0.5) is 0 Å². The van der Waals surface area contributed by atoms with Crippen molar-refractivity contribution >= 4 is 29.3 Å². The van der Waals surface area contributed by atoms with Crippen LogP contribution < -0.4 is 0 Å². The Hall–Kier alpha value is -0.710. The van der Waals surface area contributed by atoms with Gasteiger partial charge >= 0.3 is 5.97 Å². The predicted molar refractivity (Wildman–Crippen MR) is 63.5 cm³/mol. The first-order valence-corrected chi connectivity index (χ1v) is 6.20. The number of carbonyl (C=O) groups is 1. The molecule has 0 saturated carbocycles. The normalized spacial score (nSPS) is 19.9. The topological polar surface area (TPSA) is 46.5 Å². The second-order valence-electron chi connectivity index (χ2n) is 3.55. The SMILES string of the molecule is O=C(O)c1cc(Cl)ccc1SC1CCOC1. The van der Waals surface area contributed by atoms with Crippen molar-refractivity contribution in [3.63, 3.8) is 0 Å². The van der Waals surface area contributed by atoms with Gasteiger partial charge in [0.25, 0.3) is 0 Å². The molecule has 0 spiro atoms. The Kier molecular flexibility index (Phi) is 3.74. The molecule has 1 N–H and O–H groups in total. The molecule has 0 radical (unpaired) electrons. The molecule has 1 aliphatic heterocycles. The first-order valence-electron chi connectivity index (χ1n) is 4.94. The van der Waals surface area contributed by atoms with Gasteiger partial charge in [-0.3, -0.25) is 0 Å². The molecular weight excluding hydrogens is 248 g/mol. The maximum Gasteiger partial charge on any atom is 0.336 e. The highest BCUT2D eigenvalue weighted by Gasteiger charge is 2.20. The van der Waals surface area contributed by atoms with Gasteiger partial charge in [-0.05, 0) is 24.6 Å². The van der Waals surface area contributed by atoms with Crippen LogP contribution in [-0.4, -0.2) is 29.5 Å². The molecule has 1 aliphatic rings. The fourth-order valence-electron chi connectivity index (χ4n) is 1.56. The zero-order valence-electron chi connectivity index (χ0n) is 8.48. The van der Waals surface area contributed by atoms with Crippen LogP contribution in [0.2, 0.25) is 5.02 Å². The Morgan fingerprint density at radius 2 is 2.38 bits per heavy atom. The van der Waals surface area contributed by atoms with E-state index in [1.54, 1.807) is 23.9 Å². The summed E-state index contributed by atoms with van der Waals surface area (Å²) in [4.78, 5) is 11.8. The highest BCUT2D eigenvalue weighted by molar-refractivity contribution is 8.00. The average Bonchev–Trinajstić information content (AvgIpc) is 2.73. The number of carboxylic acids is 1. The molecule has 1 fully saturated rings. The van der Waals surface area contributed by atoms with E-state index in [9.17, 15) is 4.79 Å². The van der Waals surface area contributed by atoms with E-state index in [0.717, 1.165) is 17.9 Å². The molecule has 16 heavy (non-hydrogen) atoms. The van der Waals surface area contributed by atoms with Crippen LogP contribution in [0, 0.1) is 0 Å². The van der Waals surface area contributed by atoms with Crippen molar-refractivity contribution in [3.8, 4) is 0 Å². The van der Waals surface area contributed by atoms with E-state index in [4.69, 9.17) is 21.4 Å². The lowest BCUT2D eigenvalue weighted by Crippen LogP contribution is -2.04. The van der Waals surface area contributed by atoms with Crippen LogP contribution in [0.3, 0.4) is 0 Å². The summed E-state index contributed by atoms with van der Waals surface area (Å²) in [7, 11) is 0. The number of hydrogen-bond acceptors (Lipinski definition) is 3. The summed E-state index contributed by atoms with van der Waals surface area (Å²) in [6.45, 7) is 1.44. The molecule has 2 rings (SSSR count). The van der Waals surface area contributed by atoms with Crippen LogP contribution in [0.1, 0.15) is 16.8 Å². The zero-order chi connectivity index (χ0) is 11.5. The molecule has 0 aromatic heterocycles. The monoisotopic (exact) mass is 258 g/mol. The fourth-order valence-corrected chi connectivity index (χ4v) is 2.89. The maximum absolute atomic E-state index is 11.0. The third-order valence-electron chi connectivity index (χ3n) is 2.35. The van der Waals surface area contributed by atoms with E-state index in [0.29, 0.717) is 16.9 Å². The van der Waals surface area contributed by atoms with E-state index < -0.39 is 5.97 Å². The molecule has 5 heteroatoms. The third-order valence-corrected chi connectivity index (χ3v) is 3.90. The number of ether oxygens (including phenoxy) is 1. The van der Waals surface area contributed by atoms with Gasteiger partial charge in [0.15, 0.2) is 0 Å². The van der Waals surface area contributed by atoms with Crippen LogP contribution in [0.15, 0.2) is 23.1 Å². The number of benzene rings is 1. The lowest BCUT2D eigenvalue weighted by Gasteiger charge is -2.10. The number of aromatic carboxylic acids is 1. The van der Waals surface area contributed by atoms with Crippen LogP contribution in [0.5, 0.6) is 0 Å². The summed E-state index contributed by atoms with van der Waals surface area (Å²) in [5.74, 6) is -0.941. The van der Waals surface area contributed by atoms with Crippen molar-refractivity contribution in [2.45, 2.75) is 16.6 Å². The number of halogens is 1. The molecule has 86 valence electrons. The quantitative estimate of drug-likeness (QED) is 0.906. The van der Waals surface area contributed by atoms with E-state index in [1.165, 1.54) is 6.07 Å². The molecule has 0 aliphatic carbocycles. The fraction of sp³-hybridized carbons (Fsp3) is 0.364. The molecule has 1 saturated heterocycles. The summed E-state index contributed by atoms with van der Waals surface area (Å²) in [6, 6.07) is 4.96. The number of thioether (sulfide) groups is 1. The van der Waals surface area contributed by atoms with Crippen molar-refractivity contribution in [2.24, 2.45) is 0 Å². The Labute approximate surface area is 103 Å². The van der Waals surface area contributed by atoms with E-state index in [1.807, 2.05) is 0 Å². The summed E-state index contributed by atoms with van der Waals surface area (Å²) >= 11 is 7.33. The molecule has 1 unspecified atom stereocenters. The van der Waals surface area contributed by atoms with Gasteiger partial charge < -0.3 is 9.84 Å². The minimum Gasteiger partial charge on any atom is -0.478 e. The second kappa shape index (κ2) is 5.08. The Morgan fingerprint density at radius 1 is 1.56 bits per heavy atom. The second-order valence-corrected chi connectivity index (χ2v) is 5.33. The molecule has 1 atom stereocenters. The van der Waals surface area contributed by atoms with Crippen molar-refractivity contribution in [3.05, 3.63) is 28.8 Å². The number of hydrogen-bond donors (Lipinski definition) is 1. The Balaban J connectivity index is 2.21. The van der Waals surface area contributed by atoms with Gasteiger partial charge in [0, 0.05) is 21.8 Å². The van der Waals surface area contributed by atoms with Crippen molar-refractivity contribution in [1.82, 2.24) is 0 Å². The van der Waals surface area contributed by atoms with Crippen molar-refractivity contribution < 1.29 is 14.6 Å². The zero-order valence-corrected chi connectivity index (χ0v) is 10.1. The molecule has 1 heterocycles. The van der Waals surface area contributed by atoms with E-state index in [-0.39, 0.29) is 5.56 Å². The van der Waals surface area contributed by atoms with Gasteiger partial charge in [-0.2, -0.15) is 0 Å². The lowest BCUT2D eigenvalue weighted by atomic mass is 10.2. The van der Waals surface area contributed by atoms with Crippen molar-refractivity contribution in [1.29, 1.82) is 0 Å². The Bertz CT molecular complexity index is 402. The average molecular weight is 259 g/mol. The van der Waals surface area contributed by atoms with Gasteiger partial charge in [0.2, 0.25) is 0 Å². The molecule has 1 aromatic carbocycles. The first kappa shape index (κ1) is 11.8. The summed E-state index contributed by atoms with van der Waals surface area (Å²) in [5.41, 5.74) is 0.268. The van der Waals surface area contributed by atoms with Gasteiger partial charge in [-0.1, -0.05) is 11.6 Å². The standard InChI is InChI=1S/C11H11ClO3S/c12-7-1-2-10(9(5-7)11(13)14)16-8-3-4-15-6-8/h1-2,5,8H,3-4,6H2,(H,13,14). The molecule has 0 bridgehead atoms. The smallest absolute Gasteiger partial charge is 0.336 e. The highest BCUT2D eigenvalue weighted by Crippen LogP contribution is 2.32. The molecule has 1 aromatic rings. The molecular formula is C11H11ClO3S. The number of rotatable bonds is 3. The number of carboxylic acid groups (broad SMARTS) is 1. The summed E-state index contributed by atoms with van der Waals surface area (Å²) < 4.78 is 5.26. The Morgan fingerprint density at radius 3 is 3.00 bits per heavy atom.